The van der Waals surface area contributed by atoms with Crippen molar-refractivity contribution in [3.63, 3.8) is 0 Å². The summed E-state index contributed by atoms with van der Waals surface area (Å²) in [4.78, 5) is 22.3. The van der Waals surface area contributed by atoms with Gasteiger partial charge in [-0.1, -0.05) is 13.8 Å². The summed E-state index contributed by atoms with van der Waals surface area (Å²) in [5.74, 6) is -0.232. The van der Waals surface area contributed by atoms with Crippen LogP contribution in [-0.4, -0.2) is 17.0 Å². The van der Waals surface area contributed by atoms with Gasteiger partial charge in [-0.2, -0.15) is 0 Å². The molecule has 1 unspecified atom stereocenters. The SMILES string of the molecule is Cc1cc(C(=O)OC(C)CC(C)C)c(N)c([N+](=O)[O-])c1. The van der Waals surface area contributed by atoms with Gasteiger partial charge in [0.05, 0.1) is 16.6 Å². The van der Waals surface area contributed by atoms with Crippen LogP contribution in [0, 0.1) is 23.0 Å². The Bertz CT molecular complexity index is 526. The number of benzene rings is 1. The number of rotatable bonds is 5. The summed E-state index contributed by atoms with van der Waals surface area (Å²) in [6, 6.07) is 2.84. The molecular weight excluding hydrogens is 260 g/mol. The minimum Gasteiger partial charge on any atom is -0.459 e. The van der Waals surface area contributed by atoms with E-state index >= 15 is 0 Å². The number of nitrogens with two attached hydrogens (primary N) is 1. The monoisotopic (exact) mass is 280 g/mol. The van der Waals surface area contributed by atoms with Crippen LogP contribution in [0.2, 0.25) is 0 Å². The molecule has 0 amide bonds. The standard InChI is InChI=1S/C14H20N2O4/c1-8(2)5-10(4)20-14(17)11-6-9(3)7-12(13(11)15)16(18)19/h6-8,10H,5,15H2,1-4H3. The van der Waals surface area contributed by atoms with Crippen LogP contribution in [0.4, 0.5) is 11.4 Å². The Hall–Kier alpha value is -2.11. The number of carbonyl (C=O) groups is 1. The second-order valence-corrected chi connectivity index (χ2v) is 5.35. The number of hydrogen-bond donors (Lipinski definition) is 1. The van der Waals surface area contributed by atoms with Crippen molar-refractivity contribution in [3.05, 3.63) is 33.4 Å². The molecule has 20 heavy (non-hydrogen) atoms. The van der Waals surface area contributed by atoms with Crippen LogP contribution >= 0.6 is 0 Å². The van der Waals surface area contributed by atoms with Crippen LogP contribution in [0.25, 0.3) is 0 Å². The molecule has 0 spiro atoms. The maximum absolute atomic E-state index is 12.1. The fraction of sp³-hybridized carbons (Fsp3) is 0.500. The zero-order valence-corrected chi connectivity index (χ0v) is 12.2. The van der Waals surface area contributed by atoms with Crippen LogP contribution in [0.3, 0.4) is 0 Å². The number of aryl methyl sites for hydroxylation is 1. The Morgan fingerprint density at radius 3 is 2.50 bits per heavy atom. The number of anilines is 1. The Balaban J connectivity index is 3.01. The van der Waals surface area contributed by atoms with E-state index in [1.54, 1.807) is 13.8 Å². The smallest absolute Gasteiger partial charge is 0.340 e. The number of ether oxygens (including phenoxy) is 1. The molecule has 0 heterocycles. The highest BCUT2D eigenvalue weighted by Gasteiger charge is 2.22. The molecule has 0 aromatic heterocycles. The van der Waals surface area contributed by atoms with Crippen LogP contribution < -0.4 is 5.73 Å². The van der Waals surface area contributed by atoms with Gasteiger partial charge in [-0.25, -0.2) is 4.79 Å². The largest absolute Gasteiger partial charge is 0.459 e. The Kier molecular flexibility index (Phi) is 5.07. The van der Waals surface area contributed by atoms with Crippen molar-refractivity contribution in [1.82, 2.24) is 0 Å². The first kappa shape index (κ1) is 15.9. The molecule has 110 valence electrons. The molecule has 6 heteroatoms. The highest BCUT2D eigenvalue weighted by atomic mass is 16.6. The summed E-state index contributed by atoms with van der Waals surface area (Å²) in [7, 11) is 0. The maximum Gasteiger partial charge on any atom is 0.340 e. The highest BCUT2D eigenvalue weighted by Crippen LogP contribution is 2.28. The minimum atomic E-state index is -0.623. The second kappa shape index (κ2) is 6.36. The molecule has 6 nitrogen and oxygen atoms in total. The van der Waals surface area contributed by atoms with Gasteiger partial charge in [-0.3, -0.25) is 10.1 Å². The number of nitro groups is 1. The molecule has 0 saturated carbocycles. The van der Waals surface area contributed by atoms with Crippen molar-refractivity contribution in [2.45, 2.75) is 40.2 Å². The molecule has 1 aromatic carbocycles. The van der Waals surface area contributed by atoms with Gasteiger partial charge < -0.3 is 10.5 Å². The second-order valence-electron chi connectivity index (χ2n) is 5.35. The number of nitrogen functional groups attached to an aromatic ring is 1. The zero-order valence-electron chi connectivity index (χ0n) is 12.2. The molecule has 0 aliphatic heterocycles. The summed E-state index contributed by atoms with van der Waals surface area (Å²) >= 11 is 0. The van der Waals surface area contributed by atoms with Crippen LogP contribution in [0.5, 0.6) is 0 Å². The first-order chi connectivity index (χ1) is 9.22. The summed E-state index contributed by atoms with van der Waals surface area (Å²) in [5.41, 5.74) is 5.91. The van der Waals surface area contributed by atoms with Gasteiger partial charge in [0.1, 0.15) is 5.69 Å². The lowest BCUT2D eigenvalue weighted by Gasteiger charge is -2.16. The van der Waals surface area contributed by atoms with E-state index in [4.69, 9.17) is 10.5 Å². The van der Waals surface area contributed by atoms with Crippen molar-refractivity contribution >= 4 is 17.3 Å². The molecule has 0 fully saturated rings. The topological polar surface area (TPSA) is 95.5 Å². The lowest BCUT2D eigenvalue weighted by Crippen LogP contribution is -2.18. The average molecular weight is 280 g/mol. The highest BCUT2D eigenvalue weighted by molar-refractivity contribution is 5.97. The van der Waals surface area contributed by atoms with E-state index < -0.39 is 10.9 Å². The normalized spacial score (nSPS) is 12.2. The molecule has 1 aromatic rings. The maximum atomic E-state index is 12.1. The predicted octanol–water partition coefficient (Wildman–Crippen LogP) is 3.08. The fourth-order valence-corrected chi connectivity index (χ4v) is 2.06. The van der Waals surface area contributed by atoms with Gasteiger partial charge in [0.2, 0.25) is 0 Å². The van der Waals surface area contributed by atoms with Gasteiger partial charge in [0.25, 0.3) is 5.69 Å². The van der Waals surface area contributed by atoms with Crippen LogP contribution in [-0.2, 0) is 4.74 Å². The molecule has 0 aliphatic rings. The molecule has 1 rings (SSSR count). The molecule has 2 N–H and O–H groups in total. The van der Waals surface area contributed by atoms with Crippen molar-refractivity contribution in [2.24, 2.45) is 5.92 Å². The van der Waals surface area contributed by atoms with Gasteiger partial charge in [0, 0.05) is 6.07 Å². The summed E-state index contributed by atoms with van der Waals surface area (Å²) in [6.45, 7) is 7.51. The number of esters is 1. The predicted molar refractivity (Wildman–Crippen MR) is 76.6 cm³/mol. The van der Waals surface area contributed by atoms with Crippen molar-refractivity contribution in [3.8, 4) is 0 Å². The van der Waals surface area contributed by atoms with Gasteiger partial charge >= 0.3 is 5.97 Å². The number of nitro benzene ring substituents is 1. The lowest BCUT2D eigenvalue weighted by atomic mass is 10.1. The minimum absolute atomic E-state index is 0.0484. The van der Waals surface area contributed by atoms with Crippen molar-refractivity contribution in [2.75, 3.05) is 5.73 Å². The van der Waals surface area contributed by atoms with Crippen molar-refractivity contribution in [1.29, 1.82) is 0 Å². The van der Waals surface area contributed by atoms with E-state index in [0.29, 0.717) is 11.5 Å². The van der Waals surface area contributed by atoms with E-state index in [2.05, 4.69) is 0 Å². The molecule has 0 bridgehead atoms. The Labute approximate surface area is 118 Å². The third-order valence-corrected chi connectivity index (χ3v) is 2.83. The average Bonchev–Trinajstić information content (AvgIpc) is 2.29. The van der Waals surface area contributed by atoms with Gasteiger partial charge in [-0.05, 0) is 37.8 Å². The Morgan fingerprint density at radius 2 is 2.00 bits per heavy atom. The third-order valence-electron chi connectivity index (χ3n) is 2.83. The first-order valence-electron chi connectivity index (χ1n) is 6.47. The molecule has 1 atom stereocenters. The quantitative estimate of drug-likeness (QED) is 0.387. The fourth-order valence-electron chi connectivity index (χ4n) is 2.06. The van der Waals surface area contributed by atoms with E-state index in [1.807, 2.05) is 13.8 Å². The molecule has 0 saturated heterocycles. The summed E-state index contributed by atoms with van der Waals surface area (Å²) < 4.78 is 5.28. The molecule has 0 aliphatic carbocycles. The van der Waals surface area contributed by atoms with E-state index in [-0.39, 0.29) is 23.0 Å². The number of carbonyl (C=O) groups excluding carboxylic acids is 1. The van der Waals surface area contributed by atoms with Crippen LogP contribution in [0.15, 0.2) is 12.1 Å². The summed E-state index contributed by atoms with van der Waals surface area (Å²) in [5, 5.41) is 10.9. The van der Waals surface area contributed by atoms with E-state index in [1.165, 1.54) is 12.1 Å². The summed E-state index contributed by atoms with van der Waals surface area (Å²) in [6.07, 6.45) is 0.459. The lowest BCUT2D eigenvalue weighted by molar-refractivity contribution is -0.384. The molecular formula is C14H20N2O4. The third kappa shape index (κ3) is 3.94. The van der Waals surface area contributed by atoms with Gasteiger partial charge in [-0.15, -0.1) is 0 Å². The molecule has 0 radical (unpaired) electrons. The van der Waals surface area contributed by atoms with Crippen molar-refractivity contribution < 1.29 is 14.5 Å². The van der Waals surface area contributed by atoms with E-state index in [9.17, 15) is 14.9 Å². The number of hydrogen-bond acceptors (Lipinski definition) is 5. The number of nitrogens with zero attached hydrogens (tertiary/aromatic N) is 1. The zero-order chi connectivity index (χ0) is 15.4. The van der Waals surface area contributed by atoms with Crippen LogP contribution in [0.1, 0.15) is 43.1 Å². The Morgan fingerprint density at radius 1 is 1.40 bits per heavy atom. The van der Waals surface area contributed by atoms with Gasteiger partial charge in [0.15, 0.2) is 0 Å². The van der Waals surface area contributed by atoms with E-state index in [0.717, 1.165) is 6.42 Å². The first-order valence-corrected chi connectivity index (χ1v) is 6.47.